The second-order valence-electron chi connectivity index (χ2n) is 6.43. The number of carbonyl (C=O) groups is 1. The first-order valence-electron chi connectivity index (χ1n) is 9.15. The molecule has 2 aromatic carbocycles. The van der Waals surface area contributed by atoms with E-state index >= 15 is 0 Å². The van der Waals surface area contributed by atoms with Gasteiger partial charge in [-0.15, -0.1) is 0 Å². The Labute approximate surface area is 177 Å². The summed E-state index contributed by atoms with van der Waals surface area (Å²) in [4.78, 5) is 12.1. The zero-order valence-electron chi connectivity index (χ0n) is 16.2. The quantitative estimate of drug-likeness (QED) is 0.614. The number of carbonyl (C=O) groups excluding carboxylic acids is 1. The summed E-state index contributed by atoms with van der Waals surface area (Å²) in [6, 6.07) is 10.1. The van der Waals surface area contributed by atoms with E-state index in [0.29, 0.717) is 24.6 Å². The van der Waals surface area contributed by atoms with Gasteiger partial charge in [-0.1, -0.05) is 23.7 Å². The molecule has 1 heterocycles. The van der Waals surface area contributed by atoms with Crippen LogP contribution in [0.5, 0.6) is 17.2 Å². The average Bonchev–Trinajstić information content (AvgIpc) is 2.71. The van der Waals surface area contributed by atoms with E-state index in [1.165, 1.54) is 19.3 Å². The van der Waals surface area contributed by atoms with E-state index in [4.69, 9.17) is 21.1 Å². The minimum absolute atomic E-state index is 0.0409. The van der Waals surface area contributed by atoms with E-state index in [-0.39, 0.29) is 17.4 Å². The van der Waals surface area contributed by atoms with Crippen molar-refractivity contribution in [2.24, 2.45) is 0 Å². The van der Waals surface area contributed by atoms with E-state index in [0.717, 1.165) is 22.4 Å². The molecule has 5 nitrogen and oxygen atoms in total. The summed E-state index contributed by atoms with van der Waals surface area (Å²) in [7, 11) is 1.37. The largest absolute Gasteiger partial charge is 0.493 e. The van der Waals surface area contributed by atoms with Crippen molar-refractivity contribution in [3.63, 3.8) is 0 Å². The number of rotatable bonds is 8. The first kappa shape index (κ1) is 21.6. The fourth-order valence-electron chi connectivity index (χ4n) is 2.90. The topological polar surface area (TPSA) is 56.8 Å². The molecular formula is C22H20ClF2NO4. The third kappa shape index (κ3) is 5.97. The number of hydrogen-bond donors (Lipinski definition) is 1. The fourth-order valence-corrected chi connectivity index (χ4v) is 3.08. The molecule has 1 N–H and O–H groups in total. The predicted octanol–water partition coefficient (Wildman–Crippen LogP) is 4.64. The third-order valence-electron chi connectivity index (χ3n) is 4.31. The minimum Gasteiger partial charge on any atom is -0.493 e. The Morgan fingerprint density at radius 3 is 2.87 bits per heavy atom. The first-order valence-corrected chi connectivity index (χ1v) is 9.53. The molecule has 0 saturated carbocycles. The van der Waals surface area contributed by atoms with Gasteiger partial charge in [0.05, 0.1) is 7.11 Å². The number of nitrogens with one attached hydrogen (secondary N) is 1. The minimum atomic E-state index is -2.94. The molecule has 0 atom stereocenters. The van der Waals surface area contributed by atoms with Gasteiger partial charge in [0.15, 0.2) is 11.5 Å². The Balaban J connectivity index is 1.53. The molecule has 0 saturated heterocycles. The van der Waals surface area contributed by atoms with Crippen molar-refractivity contribution >= 4 is 23.6 Å². The highest BCUT2D eigenvalue weighted by Gasteiger charge is 2.12. The maximum Gasteiger partial charge on any atom is 0.387 e. The van der Waals surface area contributed by atoms with Crippen LogP contribution in [0.25, 0.3) is 6.08 Å². The van der Waals surface area contributed by atoms with E-state index in [9.17, 15) is 13.6 Å². The molecule has 1 aliphatic rings. The van der Waals surface area contributed by atoms with E-state index in [1.807, 2.05) is 6.08 Å². The highest BCUT2D eigenvalue weighted by atomic mass is 35.5. The molecule has 0 spiro atoms. The number of ether oxygens (including phenoxy) is 3. The van der Waals surface area contributed by atoms with Gasteiger partial charge in [-0.25, -0.2) is 0 Å². The number of fused-ring (bicyclic) bond motifs is 1. The number of hydrogen-bond acceptors (Lipinski definition) is 4. The van der Waals surface area contributed by atoms with Crippen molar-refractivity contribution < 1.29 is 27.8 Å². The summed E-state index contributed by atoms with van der Waals surface area (Å²) >= 11 is 5.99. The number of amides is 1. The number of alkyl halides is 2. The van der Waals surface area contributed by atoms with Crippen LogP contribution in [0.1, 0.15) is 11.1 Å². The highest BCUT2D eigenvalue weighted by Crippen LogP contribution is 2.30. The van der Waals surface area contributed by atoms with Crippen molar-refractivity contribution in [3.05, 3.63) is 70.3 Å². The van der Waals surface area contributed by atoms with Gasteiger partial charge >= 0.3 is 6.61 Å². The molecule has 0 unspecified atom stereocenters. The molecule has 0 radical (unpaired) electrons. The summed E-state index contributed by atoms with van der Waals surface area (Å²) in [5.74, 6) is 0.652. The number of methoxy groups -OCH3 is 1. The van der Waals surface area contributed by atoms with Crippen LogP contribution in [0.3, 0.4) is 0 Å². The third-order valence-corrected chi connectivity index (χ3v) is 4.55. The summed E-state index contributed by atoms with van der Waals surface area (Å²) < 4.78 is 40.1. The van der Waals surface area contributed by atoms with Gasteiger partial charge in [0.1, 0.15) is 12.4 Å². The normalized spacial score (nSPS) is 12.9. The molecule has 158 valence electrons. The molecule has 0 aliphatic carbocycles. The molecular weight excluding hydrogens is 416 g/mol. The lowest BCUT2D eigenvalue weighted by molar-refractivity contribution is -0.116. The second kappa shape index (κ2) is 10.1. The van der Waals surface area contributed by atoms with E-state index in [1.54, 1.807) is 36.4 Å². The van der Waals surface area contributed by atoms with Crippen molar-refractivity contribution in [1.29, 1.82) is 0 Å². The average molecular weight is 436 g/mol. The summed E-state index contributed by atoms with van der Waals surface area (Å²) in [5.41, 5.74) is 2.42. The van der Waals surface area contributed by atoms with Crippen LogP contribution in [0, 0.1) is 0 Å². The van der Waals surface area contributed by atoms with Crippen LogP contribution in [-0.2, 0) is 11.2 Å². The smallest absolute Gasteiger partial charge is 0.387 e. The van der Waals surface area contributed by atoms with E-state index in [2.05, 4.69) is 10.1 Å². The van der Waals surface area contributed by atoms with Crippen LogP contribution >= 0.6 is 11.6 Å². The van der Waals surface area contributed by atoms with Gasteiger partial charge in [0.2, 0.25) is 5.91 Å². The lowest BCUT2D eigenvalue weighted by Gasteiger charge is -2.16. The van der Waals surface area contributed by atoms with Gasteiger partial charge < -0.3 is 19.5 Å². The molecule has 0 bridgehead atoms. The van der Waals surface area contributed by atoms with Crippen LogP contribution in [0.15, 0.2) is 54.1 Å². The van der Waals surface area contributed by atoms with Crippen LogP contribution < -0.4 is 19.5 Å². The van der Waals surface area contributed by atoms with Gasteiger partial charge in [-0.2, -0.15) is 8.78 Å². The van der Waals surface area contributed by atoms with Crippen LogP contribution in [0.2, 0.25) is 5.02 Å². The van der Waals surface area contributed by atoms with Crippen molar-refractivity contribution in [2.45, 2.75) is 13.0 Å². The predicted molar refractivity (Wildman–Crippen MR) is 110 cm³/mol. The lowest BCUT2D eigenvalue weighted by atomic mass is 10.1. The first-order chi connectivity index (χ1) is 14.4. The molecule has 1 amide bonds. The zero-order chi connectivity index (χ0) is 21.5. The monoisotopic (exact) mass is 435 g/mol. The molecule has 1 aliphatic heterocycles. The molecule has 2 aromatic rings. The highest BCUT2D eigenvalue weighted by molar-refractivity contribution is 6.30. The Hall–Kier alpha value is -3.06. The Morgan fingerprint density at radius 2 is 2.10 bits per heavy atom. The number of benzene rings is 2. The molecule has 8 heteroatoms. The Bertz CT molecular complexity index is 976. The standard InChI is InChI=1S/C22H20ClF2NO4/c1-28-19-5-2-14(11-20(19)30-22(24)25)8-9-26-21(27)7-3-15-10-16-12-17(23)4-6-18(16)29-13-15/h2-7,10-12,22H,8-9,13H2,1H3,(H,26,27)/b7-3+. The Morgan fingerprint density at radius 1 is 1.27 bits per heavy atom. The zero-order valence-corrected chi connectivity index (χ0v) is 16.9. The fraction of sp³-hybridized carbons (Fsp3) is 0.227. The maximum absolute atomic E-state index is 12.5. The molecule has 0 aromatic heterocycles. The molecule has 30 heavy (non-hydrogen) atoms. The van der Waals surface area contributed by atoms with E-state index < -0.39 is 6.61 Å². The number of halogens is 3. The van der Waals surface area contributed by atoms with Gasteiger partial charge in [0, 0.05) is 23.2 Å². The Kier molecular flexibility index (Phi) is 7.30. The van der Waals surface area contributed by atoms with Crippen molar-refractivity contribution in [3.8, 4) is 17.2 Å². The summed E-state index contributed by atoms with van der Waals surface area (Å²) in [6.45, 7) is -2.26. The van der Waals surface area contributed by atoms with Crippen LogP contribution in [0.4, 0.5) is 8.78 Å². The summed E-state index contributed by atoms with van der Waals surface area (Å²) in [6.07, 6.45) is 5.46. The van der Waals surface area contributed by atoms with Crippen molar-refractivity contribution in [2.75, 3.05) is 20.3 Å². The second-order valence-corrected chi connectivity index (χ2v) is 6.86. The van der Waals surface area contributed by atoms with Crippen molar-refractivity contribution in [1.82, 2.24) is 5.32 Å². The lowest BCUT2D eigenvalue weighted by Crippen LogP contribution is -2.23. The van der Waals surface area contributed by atoms with Gasteiger partial charge in [-0.05, 0) is 54.0 Å². The van der Waals surface area contributed by atoms with Crippen LogP contribution in [-0.4, -0.2) is 32.8 Å². The molecule has 0 fully saturated rings. The maximum atomic E-state index is 12.5. The van der Waals surface area contributed by atoms with Gasteiger partial charge in [-0.3, -0.25) is 4.79 Å². The summed E-state index contributed by atoms with van der Waals surface area (Å²) in [5, 5.41) is 3.36. The SMILES string of the molecule is COc1ccc(CCNC(=O)/C=C/C2=Cc3cc(Cl)ccc3OC2)cc1OC(F)F. The molecule has 3 rings (SSSR count). The van der Waals surface area contributed by atoms with Gasteiger partial charge in [0.25, 0.3) is 0 Å².